The van der Waals surface area contributed by atoms with E-state index in [0.717, 1.165) is 12.1 Å². The van der Waals surface area contributed by atoms with Crippen molar-refractivity contribution in [3.63, 3.8) is 0 Å². The first-order chi connectivity index (χ1) is 6.27. The molecule has 2 heteroatoms. The molecule has 0 aromatic heterocycles. The Morgan fingerprint density at radius 2 is 2.31 bits per heavy atom. The van der Waals surface area contributed by atoms with Crippen LogP contribution in [-0.2, 0) is 0 Å². The lowest BCUT2D eigenvalue weighted by Crippen LogP contribution is -2.12. The predicted octanol–water partition coefficient (Wildman–Crippen LogP) is 2.13. The molecule has 0 radical (unpaired) electrons. The van der Waals surface area contributed by atoms with E-state index < -0.39 is 0 Å². The summed E-state index contributed by atoms with van der Waals surface area (Å²) in [5.74, 6) is 0.391. The van der Waals surface area contributed by atoms with Crippen molar-refractivity contribution in [2.45, 2.75) is 25.8 Å². The molecule has 0 spiro atoms. The number of hydrogen-bond donors (Lipinski definition) is 2. The second-order valence-corrected chi connectivity index (χ2v) is 3.69. The summed E-state index contributed by atoms with van der Waals surface area (Å²) in [5, 5.41) is 12.8. The molecule has 1 atom stereocenters. The number of rotatable bonds is 1. The van der Waals surface area contributed by atoms with Crippen LogP contribution in [-0.4, -0.2) is 11.7 Å². The SMILES string of the molecule is Cc1cc([C@H]2CCCN2)ccc1O. The lowest BCUT2D eigenvalue weighted by atomic mass is 10.0. The Bertz CT molecular complexity index is 303. The molecule has 2 N–H and O–H groups in total. The van der Waals surface area contributed by atoms with Crippen molar-refractivity contribution >= 4 is 0 Å². The number of benzene rings is 1. The molecular formula is C11H15NO. The molecule has 70 valence electrons. The van der Waals surface area contributed by atoms with E-state index >= 15 is 0 Å². The van der Waals surface area contributed by atoms with E-state index in [0.29, 0.717) is 11.8 Å². The van der Waals surface area contributed by atoms with Crippen molar-refractivity contribution < 1.29 is 5.11 Å². The Balaban J connectivity index is 2.25. The molecule has 1 fully saturated rings. The fourth-order valence-corrected chi connectivity index (χ4v) is 1.86. The molecule has 0 bridgehead atoms. The molecule has 0 saturated carbocycles. The Kier molecular flexibility index (Phi) is 2.23. The van der Waals surface area contributed by atoms with Crippen molar-refractivity contribution in [3.8, 4) is 5.75 Å². The minimum absolute atomic E-state index is 0.391. The summed E-state index contributed by atoms with van der Waals surface area (Å²) in [6, 6.07) is 6.35. The van der Waals surface area contributed by atoms with Crippen molar-refractivity contribution in [2.24, 2.45) is 0 Å². The second-order valence-electron chi connectivity index (χ2n) is 3.69. The fourth-order valence-electron chi connectivity index (χ4n) is 1.86. The summed E-state index contributed by atoms with van der Waals surface area (Å²) < 4.78 is 0. The van der Waals surface area contributed by atoms with E-state index in [9.17, 15) is 5.11 Å². The van der Waals surface area contributed by atoms with Gasteiger partial charge in [-0.25, -0.2) is 0 Å². The van der Waals surface area contributed by atoms with Gasteiger partial charge in [0.25, 0.3) is 0 Å². The van der Waals surface area contributed by atoms with E-state index in [2.05, 4.69) is 11.4 Å². The number of phenols is 1. The minimum Gasteiger partial charge on any atom is -0.508 e. The third-order valence-electron chi connectivity index (χ3n) is 2.68. The van der Waals surface area contributed by atoms with Crippen LogP contribution in [0, 0.1) is 6.92 Å². The number of aryl methyl sites for hydroxylation is 1. The highest BCUT2D eigenvalue weighted by molar-refractivity contribution is 5.36. The molecular weight excluding hydrogens is 162 g/mol. The Hall–Kier alpha value is -1.02. The first kappa shape index (κ1) is 8.57. The number of phenolic OH excluding ortho intramolecular Hbond substituents is 1. The normalized spacial score (nSPS) is 22.1. The lowest BCUT2D eigenvalue weighted by Gasteiger charge is -2.11. The van der Waals surface area contributed by atoms with Crippen molar-refractivity contribution in [2.75, 3.05) is 6.54 Å². The summed E-state index contributed by atoms with van der Waals surface area (Å²) in [6.45, 7) is 3.05. The van der Waals surface area contributed by atoms with Crippen molar-refractivity contribution in [1.82, 2.24) is 5.32 Å². The highest BCUT2D eigenvalue weighted by Gasteiger charge is 2.16. The fraction of sp³-hybridized carbons (Fsp3) is 0.455. The summed E-state index contributed by atoms with van der Waals surface area (Å²) in [6.07, 6.45) is 2.47. The molecule has 0 amide bonds. The average Bonchev–Trinajstić information content (AvgIpc) is 2.62. The Morgan fingerprint density at radius 1 is 1.46 bits per heavy atom. The summed E-state index contributed by atoms with van der Waals surface area (Å²) >= 11 is 0. The van der Waals surface area contributed by atoms with E-state index in [1.165, 1.54) is 18.4 Å². The monoisotopic (exact) mass is 177 g/mol. The molecule has 1 aliphatic heterocycles. The van der Waals surface area contributed by atoms with E-state index in [1.54, 1.807) is 6.07 Å². The molecule has 1 saturated heterocycles. The quantitative estimate of drug-likeness (QED) is 0.688. The number of nitrogens with one attached hydrogen (secondary N) is 1. The molecule has 2 nitrogen and oxygen atoms in total. The molecule has 1 aromatic carbocycles. The topological polar surface area (TPSA) is 32.3 Å². The Labute approximate surface area is 78.6 Å². The average molecular weight is 177 g/mol. The van der Waals surface area contributed by atoms with Gasteiger partial charge in [-0.2, -0.15) is 0 Å². The highest BCUT2D eigenvalue weighted by atomic mass is 16.3. The first-order valence-corrected chi connectivity index (χ1v) is 4.80. The maximum atomic E-state index is 9.37. The van der Waals surface area contributed by atoms with Gasteiger partial charge in [0.2, 0.25) is 0 Å². The zero-order valence-electron chi connectivity index (χ0n) is 7.88. The molecule has 2 rings (SSSR count). The van der Waals surface area contributed by atoms with E-state index in [1.807, 2.05) is 13.0 Å². The molecule has 0 unspecified atom stereocenters. The predicted molar refractivity (Wildman–Crippen MR) is 52.8 cm³/mol. The van der Waals surface area contributed by atoms with Gasteiger partial charge in [-0.15, -0.1) is 0 Å². The first-order valence-electron chi connectivity index (χ1n) is 4.80. The van der Waals surface area contributed by atoms with Gasteiger partial charge in [0, 0.05) is 6.04 Å². The van der Waals surface area contributed by atoms with Crippen LogP contribution in [0.1, 0.15) is 30.0 Å². The third-order valence-corrected chi connectivity index (χ3v) is 2.68. The summed E-state index contributed by atoms with van der Waals surface area (Å²) in [5.41, 5.74) is 2.26. The summed E-state index contributed by atoms with van der Waals surface area (Å²) in [7, 11) is 0. The smallest absolute Gasteiger partial charge is 0.118 e. The number of aromatic hydroxyl groups is 1. The molecule has 13 heavy (non-hydrogen) atoms. The van der Waals surface area contributed by atoms with Gasteiger partial charge >= 0.3 is 0 Å². The van der Waals surface area contributed by atoms with Crippen LogP contribution in [0.25, 0.3) is 0 Å². The maximum Gasteiger partial charge on any atom is 0.118 e. The van der Waals surface area contributed by atoms with E-state index in [4.69, 9.17) is 0 Å². The summed E-state index contributed by atoms with van der Waals surface area (Å²) in [4.78, 5) is 0. The van der Waals surface area contributed by atoms with Crippen LogP contribution in [0.2, 0.25) is 0 Å². The molecule has 1 heterocycles. The zero-order valence-corrected chi connectivity index (χ0v) is 7.88. The second kappa shape index (κ2) is 3.38. The van der Waals surface area contributed by atoms with Crippen LogP contribution in [0.4, 0.5) is 0 Å². The largest absolute Gasteiger partial charge is 0.508 e. The van der Waals surface area contributed by atoms with Gasteiger partial charge in [0.15, 0.2) is 0 Å². The molecule has 1 aromatic rings. The standard InChI is InChI=1S/C11H15NO/c1-8-7-9(4-5-11(8)13)10-3-2-6-12-10/h4-5,7,10,12-13H,2-3,6H2,1H3/t10-/m1/s1. The van der Waals surface area contributed by atoms with Crippen LogP contribution in [0.15, 0.2) is 18.2 Å². The van der Waals surface area contributed by atoms with Crippen molar-refractivity contribution in [3.05, 3.63) is 29.3 Å². The van der Waals surface area contributed by atoms with Crippen LogP contribution < -0.4 is 5.32 Å². The lowest BCUT2D eigenvalue weighted by molar-refractivity contribution is 0.470. The van der Waals surface area contributed by atoms with Gasteiger partial charge < -0.3 is 10.4 Å². The highest BCUT2D eigenvalue weighted by Crippen LogP contribution is 2.26. The molecule has 1 aliphatic rings. The van der Waals surface area contributed by atoms with Gasteiger partial charge in [-0.05, 0) is 43.5 Å². The van der Waals surface area contributed by atoms with Crippen LogP contribution in [0.5, 0.6) is 5.75 Å². The van der Waals surface area contributed by atoms with Crippen LogP contribution in [0.3, 0.4) is 0 Å². The zero-order chi connectivity index (χ0) is 9.26. The van der Waals surface area contributed by atoms with Gasteiger partial charge in [0.05, 0.1) is 0 Å². The van der Waals surface area contributed by atoms with Gasteiger partial charge in [-0.3, -0.25) is 0 Å². The van der Waals surface area contributed by atoms with Gasteiger partial charge in [0.1, 0.15) is 5.75 Å². The van der Waals surface area contributed by atoms with Gasteiger partial charge in [-0.1, -0.05) is 12.1 Å². The Morgan fingerprint density at radius 3 is 2.92 bits per heavy atom. The molecule has 0 aliphatic carbocycles. The third kappa shape index (κ3) is 1.68. The van der Waals surface area contributed by atoms with Crippen molar-refractivity contribution in [1.29, 1.82) is 0 Å². The van der Waals surface area contributed by atoms with E-state index in [-0.39, 0.29) is 0 Å². The van der Waals surface area contributed by atoms with Crippen LogP contribution >= 0.6 is 0 Å². The number of hydrogen-bond acceptors (Lipinski definition) is 2. The maximum absolute atomic E-state index is 9.37. The minimum atomic E-state index is 0.391.